The molecule has 2 aromatic carbocycles. The van der Waals surface area contributed by atoms with Gasteiger partial charge < -0.3 is 14.8 Å². The first-order chi connectivity index (χ1) is 17.8. The minimum Gasteiger partial charge on any atom is -0.454 e. The molecule has 6 rings (SSSR count). The Morgan fingerprint density at radius 1 is 1.11 bits per heavy atom. The molecule has 2 aliphatic heterocycles. The zero-order valence-electron chi connectivity index (χ0n) is 20.3. The van der Waals surface area contributed by atoms with Gasteiger partial charge in [0.05, 0.1) is 20.8 Å². The molecule has 0 radical (unpaired) electrons. The molecule has 0 aliphatic carbocycles. The molecule has 1 saturated heterocycles. The van der Waals surface area contributed by atoms with Crippen LogP contribution in [0.3, 0.4) is 0 Å². The predicted molar refractivity (Wildman–Crippen MR) is 139 cm³/mol. The number of fused-ring (bicyclic) bond motifs is 2. The fraction of sp³-hybridized carbons (Fsp3) is 0.320. The number of rotatable bonds is 5. The summed E-state index contributed by atoms with van der Waals surface area (Å²) in [5, 5.41) is 7.98. The van der Waals surface area contributed by atoms with Crippen molar-refractivity contribution in [2.45, 2.75) is 44.0 Å². The van der Waals surface area contributed by atoms with E-state index in [-0.39, 0.29) is 23.6 Å². The van der Waals surface area contributed by atoms with Crippen molar-refractivity contribution < 1.29 is 22.7 Å². The van der Waals surface area contributed by atoms with Gasteiger partial charge in [-0.05, 0) is 51.0 Å². The zero-order chi connectivity index (χ0) is 25.7. The molecule has 37 heavy (non-hydrogen) atoms. The number of aromatic nitrogens is 3. The fourth-order valence-electron chi connectivity index (χ4n) is 4.66. The molecule has 2 aliphatic rings. The van der Waals surface area contributed by atoms with Gasteiger partial charge in [0.2, 0.25) is 21.9 Å². The molecule has 1 N–H and O–H groups in total. The number of amides is 1. The number of hydrogen-bond acceptors (Lipinski definition) is 8. The van der Waals surface area contributed by atoms with Crippen molar-refractivity contribution in [3.05, 3.63) is 53.7 Å². The first-order valence-corrected chi connectivity index (χ1v) is 14.3. The molecular weight excluding hydrogens is 514 g/mol. The van der Waals surface area contributed by atoms with Crippen LogP contribution in [0.2, 0.25) is 0 Å². The molecule has 1 fully saturated rings. The number of nitrogens with zero attached hydrogens (tertiary/aromatic N) is 4. The van der Waals surface area contributed by atoms with Crippen molar-refractivity contribution in [2.75, 3.05) is 18.7 Å². The Hall–Kier alpha value is -3.48. The van der Waals surface area contributed by atoms with E-state index in [4.69, 9.17) is 9.47 Å². The highest BCUT2D eigenvalue weighted by atomic mass is 32.2. The second kappa shape index (κ2) is 9.12. The maximum absolute atomic E-state index is 13.1. The summed E-state index contributed by atoms with van der Waals surface area (Å²) in [5.41, 5.74) is 1.79. The fourth-order valence-corrected chi connectivity index (χ4v) is 7.30. The number of carbonyl (C=O) groups excluding carboxylic acids is 1. The van der Waals surface area contributed by atoms with Crippen molar-refractivity contribution in [2.24, 2.45) is 0 Å². The van der Waals surface area contributed by atoms with Crippen LogP contribution >= 0.6 is 11.3 Å². The third-order valence-corrected chi connectivity index (χ3v) is 9.61. The number of piperidine rings is 1. The van der Waals surface area contributed by atoms with Gasteiger partial charge >= 0.3 is 0 Å². The van der Waals surface area contributed by atoms with E-state index in [1.54, 1.807) is 15.1 Å². The first-order valence-electron chi connectivity index (χ1n) is 12.0. The largest absolute Gasteiger partial charge is 0.454 e. The maximum Gasteiger partial charge on any atom is 0.256 e. The number of nitrogens with one attached hydrogen (secondary N) is 1. The van der Waals surface area contributed by atoms with Crippen LogP contribution in [-0.4, -0.2) is 52.8 Å². The SMILES string of the molecule is Cc1cc(NC(=O)c2ccc(S(=O)(=O)N3CCCCC3C)cc2)n(-c2nc3cc4c(cc3s2)OCO4)n1. The predicted octanol–water partition coefficient (Wildman–Crippen LogP) is 4.33. The summed E-state index contributed by atoms with van der Waals surface area (Å²) in [4.78, 5) is 17.9. The highest BCUT2D eigenvalue weighted by molar-refractivity contribution is 7.89. The van der Waals surface area contributed by atoms with E-state index < -0.39 is 10.0 Å². The molecule has 1 unspecified atom stereocenters. The Balaban J connectivity index is 1.24. The van der Waals surface area contributed by atoms with Gasteiger partial charge in [0.25, 0.3) is 5.91 Å². The van der Waals surface area contributed by atoms with E-state index in [2.05, 4.69) is 15.4 Å². The smallest absolute Gasteiger partial charge is 0.256 e. The molecular formula is C25H25N5O5S2. The normalized spacial score (nSPS) is 17.8. The number of sulfonamides is 1. The Morgan fingerprint density at radius 3 is 2.62 bits per heavy atom. The summed E-state index contributed by atoms with van der Waals surface area (Å²) in [7, 11) is -3.61. The topological polar surface area (TPSA) is 116 Å². The van der Waals surface area contributed by atoms with Crippen LogP contribution in [0.1, 0.15) is 42.2 Å². The van der Waals surface area contributed by atoms with E-state index in [1.165, 1.54) is 35.6 Å². The second-order valence-corrected chi connectivity index (χ2v) is 12.1. The number of benzene rings is 2. The van der Waals surface area contributed by atoms with Gasteiger partial charge in [-0.2, -0.15) is 14.1 Å². The molecule has 4 aromatic rings. The van der Waals surface area contributed by atoms with Crippen LogP contribution in [0, 0.1) is 6.92 Å². The number of ether oxygens (including phenoxy) is 2. The molecule has 1 atom stereocenters. The lowest BCUT2D eigenvalue weighted by atomic mass is 10.1. The lowest BCUT2D eigenvalue weighted by Crippen LogP contribution is -2.41. The van der Waals surface area contributed by atoms with Gasteiger partial charge in [0, 0.05) is 36.3 Å². The van der Waals surface area contributed by atoms with E-state index in [1.807, 2.05) is 26.0 Å². The van der Waals surface area contributed by atoms with E-state index in [0.717, 1.165) is 29.5 Å². The number of aryl methyl sites for hydroxylation is 1. The van der Waals surface area contributed by atoms with Gasteiger partial charge in [0.1, 0.15) is 5.82 Å². The molecule has 192 valence electrons. The second-order valence-electron chi connectivity index (χ2n) is 9.19. The highest BCUT2D eigenvalue weighted by Gasteiger charge is 2.31. The lowest BCUT2D eigenvalue weighted by molar-refractivity contribution is 0.102. The van der Waals surface area contributed by atoms with Crippen molar-refractivity contribution >= 4 is 43.3 Å². The summed E-state index contributed by atoms with van der Waals surface area (Å²) in [5.74, 6) is 1.40. The van der Waals surface area contributed by atoms with Gasteiger partial charge in [-0.1, -0.05) is 17.8 Å². The number of thiazole rings is 1. The standard InChI is InChI=1S/C25H25N5O5S2/c1-15-11-23(30(28-15)25-26-19-12-20-21(35-14-34-20)13-22(19)36-25)27-24(31)17-6-8-18(9-7-17)37(32,33)29-10-4-3-5-16(29)2/h6-9,11-13,16H,3-5,10,14H2,1-2H3,(H,27,31). The minimum absolute atomic E-state index is 0.0335. The van der Waals surface area contributed by atoms with E-state index >= 15 is 0 Å². The summed E-state index contributed by atoms with van der Waals surface area (Å²) in [6.07, 6.45) is 2.74. The van der Waals surface area contributed by atoms with Crippen LogP contribution in [0.5, 0.6) is 11.5 Å². The summed E-state index contributed by atoms with van der Waals surface area (Å²) >= 11 is 1.42. The Labute approximate surface area is 217 Å². The molecule has 4 heterocycles. The summed E-state index contributed by atoms with van der Waals surface area (Å²) in [6.45, 7) is 4.47. The van der Waals surface area contributed by atoms with Gasteiger partial charge in [-0.15, -0.1) is 0 Å². The third-order valence-electron chi connectivity index (χ3n) is 6.59. The monoisotopic (exact) mass is 539 g/mol. The summed E-state index contributed by atoms with van der Waals surface area (Å²) < 4.78 is 41.2. The molecule has 0 saturated carbocycles. The van der Waals surface area contributed by atoms with E-state index in [0.29, 0.717) is 40.3 Å². The van der Waals surface area contributed by atoms with Gasteiger partial charge in [-0.3, -0.25) is 4.79 Å². The third kappa shape index (κ3) is 4.34. The first kappa shape index (κ1) is 23.9. The Bertz CT molecular complexity index is 1570. The van der Waals surface area contributed by atoms with Crippen molar-refractivity contribution in [1.82, 2.24) is 19.1 Å². The van der Waals surface area contributed by atoms with Gasteiger partial charge in [0.15, 0.2) is 11.5 Å². The number of anilines is 1. The molecule has 0 bridgehead atoms. The molecule has 0 spiro atoms. The van der Waals surface area contributed by atoms with Crippen molar-refractivity contribution in [3.63, 3.8) is 0 Å². The van der Waals surface area contributed by atoms with Crippen LogP contribution < -0.4 is 14.8 Å². The molecule has 10 nitrogen and oxygen atoms in total. The molecule has 2 aromatic heterocycles. The Morgan fingerprint density at radius 2 is 1.86 bits per heavy atom. The van der Waals surface area contributed by atoms with Crippen molar-refractivity contribution in [1.29, 1.82) is 0 Å². The van der Waals surface area contributed by atoms with Crippen LogP contribution in [-0.2, 0) is 10.0 Å². The van der Waals surface area contributed by atoms with Crippen molar-refractivity contribution in [3.8, 4) is 16.6 Å². The quantitative estimate of drug-likeness (QED) is 0.401. The van der Waals surface area contributed by atoms with Crippen LogP contribution in [0.4, 0.5) is 5.82 Å². The van der Waals surface area contributed by atoms with Crippen LogP contribution in [0.15, 0.2) is 47.4 Å². The average molecular weight is 540 g/mol. The highest BCUT2D eigenvalue weighted by Crippen LogP contribution is 2.39. The maximum atomic E-state index is 13.1. The lowest BCUT2D eigenvalue weighted by Gasteiger charge is -2.32. The molecule has 12 heteroatoms. The zero-order valence-corrected chi connectivity index (χ0v) is 21.9. The Kier molecular flexibility index (Phi) is 5.89. The van der Waals surface area contributed by atoms with Gasteiger partial charge in [-0.25, -0.2) is 13.4 Å². The molecule has 1 amide bonds. The summed E-state index contributed by atoms with van der Waals surface area (Å²) in [6, 6.07) is 11.5. The van der Waals surface area contributed by atoms with E-state index in [9.17, 15) is 13.2 Å². The minimum atomic E-state index is -3.61. The van der Waals surface area contributed by atoms with Crippen LogP contribution in [0.25, 0.3) is 15.3 Å². The average Bonchev–Trinajstić information content (AvgIpc) is 3.60. The number of carbonyl (C=O) groups is 1. The number of hydrogen-bond donors (Lipinski definition) is 1.